The molecule has 0 radical (unpaired) electrons. The largest absolute Gasteiger partial charge is 0.493 e. The summed E-state index contributed by atoms with van der Waals surface area (Å²) in [7, 11) is 1.45. The lowest BCUT2D eigenvalue weighted by Crippen LogP contribution is -2.30. The van der Waals surface area contributed by atoms with E-state index in [2.05, 4.69) is 15.9 Å². The van der Waals surface area contributed by atoms with E-state index in [1.807, 2.05) is 0 Å². The number of rotatable bonds is 5. The maximum atomic E-state index is 12.9. The van der Waals surface area contributed by atoms with Crippen molar-refractivity contribution in [3.63, 3.8) is 0 Å². The van der Waals surface area contributed by atoms with E-state index in [1.54, 1.807) is 12.1 Å². The number of benzene rings is 1. The van der Waals surface area contributed by atoms with Gasteiger partial charge in [-0.05, 0) is 46.5 Å². The smallest absolute Gasteiger partial charge is 0.341 e. The molecule has 30 heavy (non-hydrogen) atoms. The average Bonchev–Trinajstić information content (AvgIpc) is 2.71. The number of carboxylic acid groups (broad SMARTS) is 1. The van der Waals surface area contributed by atoms with Crippen LogP contribution in [0.5, 0.6) is 11.5 Å². The highest BCUT2D eigenvalue weighted by Crippen LogP contribution is 2.50. The van der Waals surface area contributed by atoms with Crippen molar-refractivity contribution < 1.29 is 33.7 Å². The molecule has 158 valence electrons. The van der Waals surface area contributed by atoms with E-state index in [0.717, 1.165) is 12.8 Å². The number of methoxy groups -OCH3 is 1. The molecule has 3 aliphatic rings. The average molecular weight is 477 g/mol. The lowest BCUT2D eigenvalue weighted by molar-refractivity contribution is -0.139. The van der Waals surface area contributed by atoms with Gasteiger partial charge in [0.1, 0.15) is 11.5 Å². The van der Waals surface area contributed by atoms with Gasteiger partial charge in [0.05, 0.1) is 11.6 Å². The molecule has 0 fully saturated rings. The normalized spacial score (nSPS) is 19.3. The number of carbonyl (C=O) groups excluding carboxylic acids is 2. The molecule has 7 nitrogen and oxygen atoms in total. The SMILES string of the molecule is COc1cc(C2C3=C(CCCC3=O)OC3=C2C(=O)CCC3)cc(Br)c1OCC(=O)O. The lowest BCUT2D eigenvalue weighted by Gasteiger charge is -2.36. The maximum Gasteiger partial charge on any atom is 0.341 e. The lowest BCUT2D eigenvalue weighted by atomic mass is 9.73. The Kier molecular flexibility index (Phi) is 5.69. The van der Waals surface area contributed by atoms with Crippen molar-refractivity contribution in [3.8, 4) is 11.5 Å². The first kappa shape index (κ1) is 20.7. The molecule has 1 aromatic rings. The predicted octanol–water partition coefficient (Wildman–Crippen LogP) is 4.05. The quantitative estimate of drug-likeness (QED) is 0.683. The number of aliphatic carboxylic acids is 1. The summed E-state index contributed by atoms with van der Waals surface area (Å²) in [5.74, 6) is 0.245. The van der Waals surface area contributed by atoms with Crippen LogP contribution in [-0.4, -0.2) is 36.4 Å². The van der Waals surface area contributed by atoms with Crippen molar-refractivity contribution in [1.29, 1.82) is 0 Å². The number of Topliss-reactive ketones (excluding diaryl/α,β-unsaturated/α-hetero) is 2. The molecule has 0 saturated carbocycles. The second kappa shape index (κ2) is 8.26. The minimum absolute atomic E-state index is 0.00698. The number of halogens is 1. The van der Waals surface area contributed by atoms with Crippen molar-refractivity contribution in [2.75, 3.05) is 13.7 Å². The van der Waals surface area contributed by atoms with Gasteiger partial charge in [0, 0.05) is 42.7 Å². The van der Waals surface area contributed by atoms with E-state index in [4.69, 9.17) is 19.3 Å². The summed E-state index contributed by atoms with van der Waals surface area (Å²) in [5, 5.41) is 8.92. The number of carboxylic acids is 1. The van der Waals surface area contributed by atoms with Crippen LogP contribution in [0.25, 0.3) is 0 Å². The zero-order chi connectivity index (χ0) is 21.4. The van der Waals surface area contributed by atoms with Gasteiger partial charge in [0.2, 0.25) is 0 Å². The van der Waals surface area contributed by atoms with Gasteiger partial charge in [0.25, 0.3) is 0 Å². The van der Waals surface area contributed by atoms with Gasteiger partial charge in [-0.1, -0.05) is 0 Å². The van der Waals surface area contributed by atoms with Crippen molar-refractivity contribution in [2.45, 2.75) is 44.4 Å². The fourth-order valence-corrected chi connectivity index (χ4v) is 4.91. The van der Waals surface area contributed by atoms with Crippen LogP contribution in [0.1, 0.15) is 50.0 Å². The van der Waals surface area contributed by atoms with Crippen LogP contribution in [0, 0.1) is 0 Å². The number of allylic oxidation sites excluding steroid dienone is 4. The monoisotopic (exact) mass is 476 g/mol. The molecule has 8 heteroatoms. The topological polar surface area (TPSA) is 99.1 Å². The third-order valence-electron chi connectivity index (χ3n) is 5.57. The number of ketones is 2. The highest BCUT2D eigenvalue weighted by Gasteiger charge is 2.42. The third-order valence-corrected chi connectivity index (χ3v) is 6.15. The second-order valence-corrected chi connectivity index (χ2v) is 8.33. The number of carbonyl (C=O) groups is 3. The molecule has 1 aromatic carbocycles. The van der Waals surface area contributed by atoms with Crippen LogP contribution in [0.2, 0.25) is 0 Å². The third kappa shape index (κ3) is 3.64. The minimum Gasteiger partial charge on any atom is -0.493 e. The zero-order valence-electron chi connectivity index (χ0n) is 16.5. The molecule has 4 rings (SSSR count). The Hall–Kier alpha value is -2.61. The molecule has 1 N–H and O–H groups in total. The van der Waals surface area contributed by atoms with Crippen LogP contribution in [-0.2, 0) is 19.1 Å². The van der Waals surface area contributed by atoms with Gasteiger partial charge in [-0.3, -0.25) is 9.59 Å². The van der Waals surface area contributed by atoms with Crippen molar-refractivity contribution in [1.82, 2.24) is 0 Å². The summed E-state index contributed by atoms with van der Waals surface area (Å²) in [5.41, 5.74) is 1.79. The maximum absolute atomic E-state index is 12.9. The molecule has 0 amide bonds. The van der Waals surface area contributed by atoms with Gasteiger partial charge in [-0.25, -0.2) is 4.79 Å². The highest BCUT2D eigenvalue weighted by molar-refractivity contribution is 9.10. The van der Waals surface area contributed by atoms with Gasteiger partial charge >= 0.3 is 5.97 Å². The van der Waals surface area contributed by atoms with E-state index < -0.39 is 18.5 Å². The Bertz CT molecular complexity index is 963. The number of hydrogen-bond acceptors (Lipinski definition) is 6. The van der Waals surface area contributed by atoms with Crippen molar-refractivity contribution in [2.24, 2.45) is 0 Å². The summed E-state index contributed by atoms with van der Waals surface area (Å²) >= 11 is 3.43. The molecule has 2 aliphatic carbocycles. The van der Waals surface area contributed by atoms with Crippen LogP contribution in [0.4, 0.5) is 0 Å². The first-order valence-corrected chi connectivity index (χ1v) is 10.6. The Balaban J connectivity index is 1.86. The van der Waals surface area contributed by atoms with E-state index in [0.29, 0.717) is 64.1 Å². The summed E-state index contributed by atoms with van der Waals surface area (Å²) in [4.78, 5) is 36.6. The number of hydrogen-bond donors (Lipinski definition) is 1. The predicted molar refractivity (Wildman–Crippen MR) is 109 cm³/mol. The molecule has 0 saturated heterocycles. The Labute approximate surface area is 181 Å². The molecule has 0 atom stereocenters. The van der Waals surface area contributed by atoms with Crippen molar-refractivity contribution >= 4 is 33.5 Å². The van der Waals surface area contributed by atoms with Gasteiger partial charge in [0.15, 0.2) is 29.7 Å². The molecule has 0 aromatic heterocycles. The molecule has 1 aliphatic heterocycles. The van der Waals surface area contributed by atoms with Crippen LogP contribution in [0.3, 0.4) is 0 Å². The summed E-state index contributed by atoms with van der Waals surface area (Å²) < 4.78 is 17.3. The second-order valence-electron chi connectivity index (χ2n) is 7.48. The molecule has 0 unspecified atom stereocenters. The van der Waals surface area contributed by atoms with Gasteiger partial charge in [-0.2, -0.15) is 0 Å². The highest BCUT2D eigenvalue weighted by atomic mass is 79.9. The molecule has 0 bridgehead atoms. The summed E-state index contributed by atoms with van der Waals surface area (Å²) in [6.07, 6.45) is 3.65. The Morgan fingerprint density at radius 1 is 1.10 bits per heavy atom. The van der Waals surface area contributed by atoms with Crippen LogP contribution >= 0.6 is 15.9 Å². The summed E-state index contributed by atoms with van der Waals surface area (Å²) in [6, 6.07) is 3.46. The molecular weight excluding hydrogens is 456 g/mol. The molecular formula is C22H21BrO7. The Morgan fingerprint density at radius 3 is 2.23 bits per heavy atom. The van der Waals surface area contributed by atoms with E-state index in [-0.39, 0.29) is 17.3 Å². The van der Waals surface area contributed by atoms with Gasteiger partial charge < -0.3 is 19.3 Å². The van der Waals surface area contributed by atoms with E-state index in [1.165, 1.54) is 7.11 Å². The van der Waals surface area contributed by atoms with Gasteiger partial charge in [-0.15, -0.1) is 0 Å². The fraction of sp³-hybridized carbons (Fsp3) is 0.409. The van der Waals surface area contributed by atoms with E-state index >= 15 is 0 Å². The summed E-state index contributed by atoms with van der Waals surface area (Å²) in [6.45, 7) is -0.521. The van der Waals surface area contributed by atoms with E-state index in [9.17, 15) is 14.4 Å². The van der Waals surface area contributed by atoms with Crippen LogP contribution < -0.4 is 9.47 Å². The number of ether oxygens (including phenoxy) is 3. The van der Waals surface area contributed by atoms with Crippen LogP contribution in [0.15, 0.2) is 39.3 Å². The fourth-order valence-electron chi connectivity index (χ4n) is 4.33. The Morgan fingerprint density at radius 2 is 1.70 bits per heavy atom. The van der Waals surface area contributed by atoms with Crippen molar-refractivity contribution in [3.05, 3.63) is 44.8 Å². The molecule has 0 spiro atoms. The first-order chi connectivity index (χ1) is 14.4. The minimum atomic E-state index is -1.11. The molecule has 1 heterocycles. The zero-order valence-corrected chi connectivity index (χ0v) is 18.0. The standard InChI is InChI=1S/C22H21BrO7/c1-28-17-9-11(8-12(23)22(17)29-10-18(26)27)19-20-13(24)4-2-6-15(20)30-16-7-3-5-14(25)21(16)19/h8-9,19H,2-7,10H2,1H3,(H,26,27). The first-order valence-electron chi connectivity index (χ1n) is 9.83.